The molecule has 0 atom stereocenters. The highest BCUT2D eigenvalue weighted by molar-refractivity contribution is 6.35. The van der Waals surface area contributed by atoms with Crippen LogP contribution in [0.3, 0.4) is 0 Å². The van der Waals surface area contributed by atoms with Crippen molar-refractivity contribution < 1.29 is 9.59 Å². The van der Waals surface area contributed by atoms with Gasteiger partial charge in [-0.25, -0.2) is 0 Å². The predicted molar refractivity (Wildman–Crippen MR) is 71.1 cm³/mol. The molecule has 1 aromatic rings. The first kappa shape index (κ1) is 14.2. The molecule has 1 rings (SSSR count). The zero-order valence-corrected chi connectivity index (χ0v) is 10.7. The molecule has 0 spiro atoms. The Labute approximate surface area is 108 Å². The van der Waals surface area contributed by atoms with Crippen LogP contribution in [0.1, 0.15) is 25.3 Å². The molecule has 18 heavy (non-hydrogen) atoms. The summed E-state index contributed by atoms with van der Waals surface area (Å²) in [5.74, 6) is -1.10. The number of amides is 2. The predicted octanol–water partition coefficient (Wildman–Crippen LogP) is 1.26. The van der Waals surface area contributed by atoms with Crippen LogP contribution in [-0.4, -0.2) is 24.9 Å². The van der Waals surface area contributed by atoms with Gasteiger partial charge in [-0.3, -0.25) is 9.59 Å². The highest BCUT2D eigenvalue weighted by atomic mass is 16.2. The number of hydrogen-bond donors (Lipinski definition) is 2. The topological polar surface area (TPSA) is 58.2 Å². The van der Waals surface area contributed by atoms with Crippen LogP contribution in [0.25, 0.3) is 0 Å². The lowest BCUT2D eigenvalue weighted by Gasteiger charge is -2.05. The molecule has 0 aliphatic heterocycles. The Balaban J connectivity index is 2.09. The molecular weight excluding hydrogens is 228 g/mol. The van der Waals surface area contributed by atoms with E-state index in [1.54, 1.807) is 6.92 Å². The molecule has 0 bridgehead atoms. The van der Waals surface area contributed by atoms with Crippen molar-refractivity contribution in [3.8, 4) is 0 Å². The van der Waals surface area contributed by atoms with Gasteiger partial charge in [0.05, 0.1) is 0 Å². The van der Waals surface area contributed by atoms with E-state index in [2.05, 4.69) is 22.8 Å². The number of carbonyl (C=O) groups is 2. The summed E-state index contributed by atoms with van der Waals surface area (Å²) < 4.78 is 0. The van der Waals surface area contributed by atoms with Crippen LogP contribution in [-0.2, 0) is 16.0 Å². The fourth-order valence-electron chi connectivity index (χ4n) is 1.62. The molecule has 0 fully saturated rings. The Kier molecular flexibility index (Phi) is 6.54. The smallest absolute Gasteiger partial charge is 0.309 e. The van der Waals surface area contributed by atoms with Crippen LogP contribution in [0, 0.1) is 0 Å². The van der Waals surface area contributed by atoms with E-state index in [9.17, 15) is 9.59 Å². The Morgan fingerprint density at radius 2 is 1.67 bits per heavy atom. The third kappa shape index (κ3) is 5.48. The van der Waals surface area contributed by atoms with E-state index in [0.29, 0.717) is 13.1 Å². The van der Waals surface area contributed by atoms with Gasteiger partial charge in [0.2, 0.25) is 0 Å². The molecule has 0 saturated carbocycles. The van der Waals surface area contributed by atoms with Crippen LogP contribution in [0.15, 0.2) is 30.3 Å². The lowest BCUT2D eigenvalue weighted by atomic mass is 10.1. The quantitative estimate of drug-likeness (QED) is 0.588. The van der Waals surface area contributed by atoms with Gasteiger partial charge in [0.25, 0.3) is 0 Å². The fourth-order valence-corrected chi connectivity index (χ4v) is 1.62. The summed E-state index contributed by atoms with van der Waals surface area (Å²) in [7, 11) is 0. The Bertz CT molecular complexity index is 377. The van der Waals surface area contributed by atoms with E-state index in [-0.39, 0.29) is 0 Å². The second-order valence-electron chi connectivity index (χ2n) is 4.06. The van der Waals surface area contributed by atoms with Gasteiger partial charge in [-0.05, 0) is 31.7 Å². The maximum absolute atomic E-state index is 11.2. The van der Waals surface area contributed by atoms with Crippen LogP contribution in [0.5, 0.6) is 0 Å². The van der Waals surface area contributed by atoms with E-state index in [0.717, 1.165) is 19.3 Å². The molecule has 0 aliphatic carbocycles. The van der Waals surface area contributed by atoms with Crippen molar-refractivity contribution in [3.05, 3.63) is 35.9 Å². The Morgan fingerprint density at radius 3 is 2.33 bits per heavy atom. The minimum atomic E-state index is -0.555. The first-order valence-corrected chi connectivity index (χ1v) is 6.34. The van der Waals surface area contributed by atoms with Crippen LogP contribution in [0.2, 0.25) is 0 Å². The monoisotopic (exact) mass is 248 g/mol. The highest BCUT2D eigenvalue weighted by Gasteiger charge is 2.10. The van der Waals surface area contributed by atoms with Gasteiger partial charge in [-0.2, -0.15) is 0 Å². The summed E-state index contributed by atoms with van der Waals surface area (Å²) in [6, 6.07) is 10.2. The Morgan fingerprint density at radius 1 is 1.00 bits per heavy atom. The first-order chi connectivity index (χ1) is 8.74. The minimum absolute atomic E-state index is 0.472. The van der Waals surface area contributed by atoms with Crippen molar-refractivity contribution in [1.29, 1.82) is 0 Å². The molecule has 4 nitrogen and oxygen atoms in total. The average molecular weight is 248 g/mol. The first-order valence-electron chi connectivity index (χ1n) is 6.34. The molecule has 0 unspecified atom stereocenters. The highest BCUT2D eigenvalue weighted by Crippen LogP contribution is 2.03. The summed E-state index contributed by atoms with van der Waals surface area (Å²) in [5.41, 5.74) is 1.30. The van der Waals surface area contributed by atoms with Gasteiger partial charge in [0.15, 0.2) is 0 Å². The summed E-state index contributed by atoms with van der Waals surface area (Å²) in [4.78, 5) is 22.3. The van der Waals surface area contributed by atoms with Gasteiger partial charge >= 0.3 is 11.8 Å². The average Bonchev–Trinajstić information content (AvgIpc) is 2.39. The second kappa shape index (κ2) is 8.28. The van der Waals surface area contributed by atoms with E-state index in [1.807, 2.05) is 18.2 Å². The molecule has 0 radical (unpaired) electrons. The third-order valence-corrected chi connectivity index (χ3v) is 2.56. The molecular formula is C14H20N2O2. The molecule has 0 heterocycles. The van der Waals surface area contributed by atoms with Gasteiger partial charge in [-0.1, -0.05) is 30.3 Å². The lowest BCUT2D eigenvalue weighted by molar-refractivity contribution is -0.139. The summed E-state index contributed by atoms with van der Waals surface area (Å²) >= 11 is 0. The number of likely N-dealkylation sites (N-methyl/N-ethyl adjacent to an activating group) is 1. The zero-order valence-electron chi connectivity index (χ0n) is 10.7. The number of unbranched alkanes of at least 4 members (excludes halogenated alkanes) is 1. The van der Waals surface area contributed by atoms with Crippen LogP contribution < -0.4 is 10.6 Å². The number of benzene rings is 1. The maximum atomic E-state index is 11.2. The van der Waals surface area contributed by atoms with Crippen molar-refractivity contribution in [2.75, 3.05) is 13.1 Å². The van der Waals surface area contributed by atoms with Gasteiger partial charge in [0, 0.05) is 13.1 Å². The maximum Gasteiger partial charge on any atom is 0.309 e. The number of nitrogens with one attached hydrogen (secondary N) is 2. The standard InChI is InChI=1S/C14H20N2O2/c1-2-15-13(17)14(18)16-11-7-6-10-12-8-4-3-5-9-12/h3-5,8-9H,2,6-7,10-11H2,1H3,(H,15,17)(H,16,18). The van der Waals surface area contributed by atoms with Crippen molar-refractivity contribution in [3.63, 3.8) is 0 Å². The SMILES string of the molecule is CCNC(=O)C(=O)NCCCCc1ccccc1. The number of carbonyl (C=O) groups excluding carboxylic acids is 2. The normalized spacial score (nSPS) is 9.83. The summed E-state index contributed by atoms with van der Waals surface area (Å²) in [6.45, 7) is 2.80. The van der Waals surface area contributed by atoms with Gasteiger partial charge in [0.1, 0.15) is 0 Å². The van der Waals surface area contributed by atoms with E-state index in [4.69, 9.17) is 0 Å². The number of rotatable bonds is 6. The molecule has 2 amide bonds. The molecule has 4 heteroatoms. The summed E-state index contributed by atoms with van der Waals surface area (Å²) in [6.07, 6.45) is 2.87. The largest absolute Gasteiger partial charge is 0.348 e. The number of hydrogen-bond acceptors (Lipinski definition) is 2. The molecule has 0 aromatic heterocycles. The number of aryl methyl sites for hydroxylation is 1. The third-order valence-electron chi connectivity index (χ3n) is 2.56. The van der Waals surface area contributed by atoms with Crippen LogP contribution in [0.4, 0.5) is 0 Å². The van der Waals surface area contributed by atoms with Crippen molar-refractivity contribution >= 4 is 11.8 Å². The fraction of sp³-hybridized carbons (Fsp3) is 0.429. The minimum Gasteiger partial charge on any atom is -0.348 e. The van der Waals surface area contributed by atoms with E-state index in [1.165, 1.54) is 5.56 Å². The molecule has 0 saturated heterocycles. The van der Waals surface area contributed by atoms with Crippen molar-refractivity contribution in [2.45, 2.75) is 26.2 Å². The molecule has 1 aromatic carbocycles. The second-order valence-corrected chi connectivity index (χ2v) is 4.06. The zero-order chi connectivity index (χ0) is 13.2. The molecule has 0 aliphatic rings. The molecule has 2 N–H and O–H groups in total. The van der Waals surface area contributed by atoms with Crippen molar-refractivity contribution in [2.24, 2.45) is 0 Å². The van der Waals surface area contributed by atoms with Gasteiger partial charge in [-0.15, -0.1) is 0 Å². The van der Waals surface area contributed by atoms with Crippen LogP contribution >= 0.6 is 0 Å². The van der Waals surface area contributed by atoms with Crippen molar-refractivity contribution in [1.82, 2.24) is 10.6 Å². The van der Waals surface area contributed by atoms with E-state index < -0.39 is 11.8 Å². The van der Waals surface area contributed by atoms with E-state index >= 15 is 0 Å². The molecule has 98 valence electrons. The van der Waals surface area contributed by atoms with Gasteiger partial charge < -0.3 is 10.6 Å². The lowest BCUT2D eigenvalue weighted by Crippen LogP contribution is -2.40. The Hall–Kier alpha value is -1.84. The summed E-state index contributed by atoms with van der Waals surface area (Å²) in [5, 5.41) is 5.06.